The highest BCUT2D eigenvalue weighted by Crippen LogP contribution is 2.31. The van der Waals surface area contributed by atoms with Gasteiger partial charge in [0.1, 0.15) is 17.1 Å². The zero-order valence-corrected chi connectivity index (χ0v) is 15.7. The van der Waals surface area contributed by atoms with E-state index in [1.807, 2.05) is 0 Å². The van der Waals surface area contributed by atoms with Crippen molar-refractivity contribution in [3.63, 3.8) is 0 Å². The van der Waals surface area contributed by atoms with Crippen LogP contribution in [0.3, 0.4) is 0 Å². The molecule has 7 nitrogen and oxygen atoms in total. The van der Waals surface area contributed by atoms with Crippen molar-refractivity contribution in [2.45, 2.75) is 26.7 Å². The van der Waals surface area contributed by atoms with Gasteiger partial charge in [0.05, 0.1) is 12.9 Å². The molecule has 0 aliphatic heterocycles. The molecule has 0 spiro atoms. The number of hydrazine groups is 1. The maximum atomic E-state index is 14.7. The van der Waals surface area contributed by atoms with E-state index in [1.165, 1.54) is 0 Å². The monoisotopic (exact) mass is 398 g/mol. The standard InChI is InChI=1S/C14H20F2N2O5S2/c1-4-8-24-18(20)17(25(21,22)9-5-2)11-7-6-10(15)12(13(11)16)14(19)23-3/h6-7,20H,4-5,8-9H2,1-3H3. The fraction of sp³-hybridized carbons (Fsp3) is 0.500. The minimum absolute atomic E-state index is 0.206. The van der Waals surface area contributed by atoms with Crippen LogP contribution in [0.2, 0.25) is 0 Å². The molecule has 0 radical (unpaired) electrons. The maximum Gasteiger partial charge on any atom is 0.343 e. The number of hydrogen-bond acceptors (Lipinski definition) is 7. The average Bonchev–Trinajstić information content (AvgIpc) is 2.54. The molecule has 0 saturated heterocycles. The molecule has 25 heavy (non-hydrogen) atoms. The number of anilines is 1. The highest BCUT2D eigenvalue weighted by molar-refractivity contribution is 7.98. The maximum absolute atomic E-state index is 14.7. The lowest BCUT2D eigenvalue weighted by atomic mass is 10.1. The van der Waals surface area contributed by atoms with Gasteiger partial charge in [-0.3, -0.25) is 5.21 Å². The van der Waals surface area contributed by atoms with Crippen LogP contribution in [0.25, 0.3) is 0 Å². The number of carbonyl (C=O) groups is 1. The number of ether oxygens (including phenoxy) is 1. The molecule has 0 saturated carbocycles. The molecule has 0 unspecified atom stereocenters. The van der Waals surface area contributed by atoms with E-state index in [0.717, 1.165) is 31.2 Å². The van der Waals surface area contributed by atoms with Gasteiger partial charge >= 0.3 is 5.97 Å². The van der Waals surface area contributed by atoms with Gasteiger partial charge in [0, 0.05) is 5.75 Å². The van der Waals surface area contributed by atoms with E-state index in [-0.39, 0.29) is 16.8 Å². The molecular formula is C14H20F2N2O5S2. The van der Waals surface area contributed by atoms with Crippen LogP contribution >= 0.6 is 11.9 Å². The lowest BCUT2D eigenvalue weighted by Gasteiger charge is -2.30. The molecule has 0 aliphatic rings. The Kier molecular flexibility index (Phi) is 8.06. The van der Waals surface area contributed by atoms with Gasteiger partial charge in [-0.15, -0.1) is 0 Å². The summed E-state index contributed by atoms with van der Waals surface area (Å²) >= 11 is 0.724. The molecule has 0 aliphatic carbocycles. The van der Waals surface area contributed by atoms with E-state index in [9.17, 15) is 27.2 Å². The number of hydrogen-bond donors (Lipinski definition) is 1. The first-order valence-electron chi connectivity index (χ1n) is 7.42. The normalized spacial score (nSPS) is 11.6. The lowest BCUT2D eigenvalue weighted by Crippen LogP contribution is -2.43. The van der Waals surface area contributed by atoms with Crippen molar-refractivity contribution >= 4 is 33.6 Å². The van der Waals surface area contributed by atoms with E-state index in [4.69, 9.17) is 0 Å². The molecule has 0 aromatic heterocycles. The van der Waals surface area contributed by atoms with Crippen molar-refractivity contribution < 1.29 is 31.9 Å². The summed E-state index contributed by atoms with van der Waals surface area (Å²) < 4.78 is 58.3. The second-order valence-corrected chi connectivity index (χ2v) is 7.80. The van der Waals surface area contributed by atoms with Gasteiger partial charge in [-0.25, -0.2) is 22.0 Å². The van der Waals surface area contributed by atoms with Crippen LogP contribution in [0.1, 0.15) is 37.0 Å². The van der Waals surface area contributed by atoms with Crippen LogP contribution in [0.5, 0.6) is 0 Å². The summed E-state index contributed by atoms with van der Waals surface area (Å²) in [6.07, 6.45) is 0.820. The first kappa shape index (κ1) is 21.6. The third kappa shape index (κ3) is 5.03. The van der Waals surface area contributed by atoms with Gasteiger partial charge in [0.25, 0.3) is 10.0 Å². The van der Waals surface area contributed by atoms with Gasteiger partial charge in [-0.1, -0.05) is 13.8 Å². The summed E-state index contributed by atoms with van der Waals surface area (Å²) in [6, 6.07) is 1.57. The molecule has 0 atom stereocenters. The number of sulfonamides is 1. The van der Waals surface area contributed by atoms with Crippen LogP contribution in [0.15, 0.2) is 12.1 Å². The Hall–Kier alpha value is -1.43. The van der Waals surface area contributed by atoms with E-state index in [1.54, 1.807) is 13.8 Å². The smallest absolute Gasteiger partial charge is 0.343 e. The Morgan fingerprint density at radius 2 is 1.92 bits per heavy atom. The predicted octanol–water partition coefficient (Wildman–Crippen LogP) is 2.96. The SMILES string of the molecule is CCCSN(O)N(c1ccc(F)c(C(=O)OC)c1F)S(=O)(=O)CCC. The summed E-state index contributed by atoms with van der Waals surface area (Å²) in [7, 11) is -3.23. The molecule has 1 N–H and O–H groups in total. The van der Waals surface area contributed by atoms with E-state index in [2.05, 4.69) is 4.74 Å². The number of carbonyl (C=O) groups excluding carboxylic acids is 1. The molecule has 1 aromatic carbocycles. The van der Waals surface area contributed by atoms with Crippen LogP contribution in [0.4, 0.5) is 14.5 Å². The zero-order chi connectivity index (χ0) is 19.2. The summed E-state index contributed by atoms with van der Waals surface area (Å²) in [4.78, 5) is 11.6. The third-order valence-corrected chi connectivity index (χ3v) is 5.85. The Balaban J connectivity index is 3.53. The molecule has 0 heterocycles. The highest BCUT2D eigenvalue weighted by atomic mass is 32.2. The topological polar surface area (TPSA) is 87.2 Å². The van der Waals surface area contributed by atoms with E-state index in [0.29, 0.717) is 16.6 Å². The predicted molar refractivity (Wildman–Crippen MR) is 90.6 cm³/mol. The molecule has 1 aromatic rings. The van der Waals surface area contributed by atoms with Crippen molar-refractivity contribution in [3.05, 3.63) is 29.3 Å². The number of esters is 1. The largest absolute Gasteiger partial charge is 0.465 e. The van der Waals surface area contributed by atoms with Gasteiger partial charge in [-0.2, -0.15) is 4.41 Å². The Labute approximate surface area is 149 Å². The van der Waals surface area contributed by atoms with E-state index < -0.39 is 38.9 Å². The Bertz CT molecular complexity index is 715. The minimum Gasteiger partial charge on any atom is -0.465 e. The molecule has 1 rings (SSSR count). The number of benzene rings is 1. The van der Waals surface area contributed by atoms with Crippen LogP contribution < -0.4 is 4.41 Å². The minimum atomic E-state index is -4.17. The highest BCUT2D eigenvalue weighted by Gasteiger charge is 2.33. The third-order valence-electron chi connectivity index (χ3n) is 2.96. The van der Waals surface area contributed by atoms with Gasteiger partial charge in [0.15, 0.2) is 5.82 Å². The number of methoxy groups -OCH3 is 1. The summed E-state index contributed by atoms with van der Waals surface area (Å²) in [5, 5.41) is 10.1. The molecule has 11 heteroatoms. The molecule has 0 fully saturated rings. The second kappa shape index (κ2) is 9.32. The number of rotatable bonds is 9. The lowest BCUT2D eigenvalue weighted by molar-refractivity contribution is 0.0227. The first-order chi connectivity index (χ1) is 11.7. The summed E-state index contributed by atoms with van der Waals surface area (Å²) in [5.74, 6) is -3.98. The van der Waals surface area contributed by atoms with Crippen molar-refractivity contribution in [3.8, 4) is 0 Å². The second-order valence-electron chi connectivity index (χ2n) is 4.89. The van der Waals surface area contributed by atoms with Crippen molar-refractivity contribution in [2.24, 2.45) is 0 Å². The van der Waals surface area contributed by atoms with Crippen molar-refractivity contribution in [1.29, 1.82) is 0 Å². The van der Waals surface area contributed by atoms with Crippen LogP contribution in [-0.4, -0.2) is 42.8 Å². The van der Waals surface area contributed by atoms with Crippen LogP contribution in [0, 0.1) is 11.6 Å². The van der Waals surface area contributed by atoms with Crippen LogP contribution in [-0.2, 0) is 14.8 Å². The van der Waals surface area contributed by atoms with Crippen molar-refractivity contribution in [2.75, 3.05) is 23.0 Å². The molecular weight excluding hydrogens is 378 g/mol. The fourth-order valence-electron chi connectivity index (χ4n) is 1.90. The first-order valence-corrected chi connectivity index (χ1v) is 9.97. The fourth-order valence-corrected chi connectivity index (χ4v) is 4.22. The van der Waals surface area contributed by atoms with Gasteiger partial charge in [0.2, 0.25) is 0 Å². The summed E-state index contributed by atoms with van der Waals surface area (Å²) in [5.41, 5.74) is -1.72. The van der Waals surface area contributed by atoms with Gasteiger partial charge in [-0.05, 0) is 41.5 Å². The average molecular weight is 398 g/mol. The Morgan fingerprint density at radius 1 is 1.28 bits per heavy atom. The summed E-state index contributed by atoms with van der Waals surface area (Å²) in [6.45, 7) is 3.40. The number of halogens is 2. The molecule has 0 amide bonds. The zero-order valence-electron chi connectivity index (χ0n) is 14.0. The quantitative estimate of drug-likeness (QED) is 0.389. The van der Waals surface area contributed by atoms with Gasteiger partial charge < -0.3 is 4.74 Å². The Morgan fingerprint density at radius 3 is 2.44 bits per heavy atom. The molecule has 142 valence electrons. The number of nitrogens with zero attached hydrogens (tertiary/aromatic N) is 2. The van der Waals surface area contributed by atoms with E-state index >= 15 is 0 Å². The molecule has 0 bridgehead atoms. The van der Waals surface area contributed by atoms with Crippen molar-refractivity contribution in [1.82, 2.24) is 4.58 Å².